The third kappa shape index (κ3) is 3.54. The Labute approximate surface area is 188 Å². The normalized spacial score (nSPS) is 20.7. The molecule has 1 aliphatic carbocycles. The van der Waals surface area contributed by atoms with E-state index in [0.29, 0.717) is 29.1 Å². The summed E-state index contributed by atoms with van der Waals surface area (Å²) in [5.41, 5.74) is 3.51. The van der Waals surface area contributed by atoms with Gasteiger partial charge < -0.3 is 24.3 Å². The van der Waals surface area contributed by atoms with Crippen LogP contribution in [0, 0.1) is 5.92 Å². The maximum Gasteiger partial charge on any atom is 0.203 e. The zero-order chi connectivity index (χ0) is 22.1. The number of methoxy groups -OCH3 is 3. The fourth-order valence-electron chi connectivity index (χ4n) is 4.87. The number of nitrogens with one attached hydrogen (secondary N) is 1. The van der Waals surface area contributed by atoms with Crippen LogP contribution in [-0.4, -0.2) is 21.3 Å². The van der Waals surface area contributed by atoms with Crippen molar-refractivity contribution >= 4 is 5.69 Å². The maximum absolute atomic E-state index is 6.09. The Morgan fingerprint density at radius 2 is 1.56 bits per heavy atom. The zero-order valence-corrected chi connectivity index (χ0v) is 18.5. The van der Waals surface area contributed by atoms with Gasteiger partial charge in [0.05, 0.1) is 27.4 Å². The molecule has 3 aromatic rings. The predicted molar refractivity (Wildman–Crippen MR) is 125 cm³/mol. The Bertz CT molecular complexity index is 1120. The Hall–Kier alpha value is -3.60. The Morgan fingerprint density at radius 3 is 2.25 bits per heavy atom. The van der Waals surface area contributed by atoms with Crippen LogP contribution < -0.4 is 24.3 Å². The molecule has 0 amide bonds. The molecule has 0 radical (unpaired) electrons. The van der Waals surface area contributed by atoms with E-state index < -0.39 is 0 Å². The molecule has 3 unspecified atom stereocenters. The van der Waals surface area contributed by atoms with Crippen LogP contribution in [0.2, 0.25) is 0 Å². The molecular formula is C27H27NO4. The van der Waals surface area contributed by atoms with Gasteiger partial charge in [-0.1, -0.05) is 30.4 Å². The number of ether oxygens (including phenoxy) is 4. The van der Waals surface area contributed by atoms with E-state index in [9.17, 15) is 0 Å². The summed E-state index contributed by atoms with van der Waals surface area (Å²) >= 11 is 0. The van der Waals surface area contributed by atoms with Crippen molar-refractivity contribution in [2.24, 2.45) is 5.92 Å². The maximum atomic E-state index is 6.09. The number of allylic oxidation sites excluding steroid dienone is 2. The topological polar surface area (TPSA) is 49.0 Å². The van der Waals surface area contributed by atoms with Crippen molar-refractivity contribution in [3.05, 3.63) is 83.9 Å². The van der Waals surface area contributed by atoms with Crippen LogP contribution in [0.25, 0.3) is 0 Å². The van der Waals surface area contributed by atoms with Gasteiger partial charge in [-0.15, -0.1) is 0 Å². The third-order valence-corrected chi connectivity index (χ3v) is 6.36. The third-order valence-electron chi connectivity index (χ3n) is 6.36. The number of hydrogen-bond acceptors (Lipinski definition) is 5. The quantitative estimate of drug-likeness (QED) is 0.464. The van der Waals surface area contributed by atoms with Crippen LogP contribution in [0.1, 0.15) is 29.5 Å². The standard InChI is InChI=1S/C27H27NO4/c1-29-24-14-17(15-25(30-2)27(24)31-3)26-21-11-7-10-20(21)22-16-19(12-13-23(22)28-26)32-18-8-5-4-6-9-18/h4-10,12-16,20-21,26,28H,11H2,1-3H3. The lowest BCUT2D eigenvalue weighted by atomic mass is 9.77. The van der Waals surface area contributed by atoms with Crippen LogP contribution in [0.5, 0.6) is 28.7 Å². The minimum absolute atomic E-state index is 0.122. The van der Waals surface area contributed by atoms with Gasteiger partial charge in [0.2, 0.25) is 5.75 Å². The van der Waals surface area contributed by atoms with E-state index in [1.165, 1.54) is 5.56 Å². The first-order valence-corrected chi connectivity index (χ1v) is 10.8. The lowest BCUT2D eigenvalue weighted by molar-refractivity contribution is 0.322. The fraction of sp³-hybridized carbons (Fsp3) is 0.259. The lowest BCUT2D eigenvalue weighted by Crippen LogP contribution is -2.29. The van der Waals surface area contributed by atoms with Crippen LogP contribution in [0.4, 0.5) is 5.69 Å². The predicted octanol–water partition coefficient (Wildman–Crippen LogP) is 6.33. The summed E-state index contributed by atoms with van der Waals surface area (Å²) in [6.07, 6.45) is 5.60. The molecule has 1 heterocycles. The molecule has 0 fully saturated rings. The summed E-state index contributed by atoms with van der Waals surface area (Å²) in [4.78, 5) is 0. The molecule has 0 bridgehead atoms. The first-order chi connectivity index (χ1) is 15.7. The van der Waals surface area contributed by atoms with E-state index in [2.05, 4.69) is 29.6 Å². The second kappa shape index (κ2) is 8.50. The SMILES string of the molecule is COc1cc(C2Nc3ccc(Oc4ccccc4)cc3C3C=CCC32)cc(OC)c1OC. The largest absolute Gasteiger partial charge is 0.493 e. The molecule has 5 rings (SSSR count). The van der Waals surface area contributed by atoms with Crippen LogP contribution >= 0.6 is 0 Å². The van der Waals surface area contributed by atoms with Gasteiger partial charge in [-0.05, 0) is 65.9 Å². The molecule has 1 aliphatic heterocycles. The van der Waals surface area contributed by atoms with Crippen molar-refractivity contribution in [2.75, 3.05) is 26.6 Å². The molecule has 3 aromatic carbocycles. The number of fused-ring (bicyclic) bond motifs is 3. The molecule has 0 aromatic heterocycles. The first-order valence-electron chi connectivity index (χ1n) is 10.8. The van der Waals surface area contributed by atoms with Gasteiger partial charge in [-0.25, -0.2) is 0 Å². The Morgan fingerprint density at radius 1 is 0.812 bits per heavy atom. The first kappa shape index (κ1) is 20.3. The average Bonchev–Trinajstić information content (AvgIpc) is 3.33. The zero-order valence-electron chi connectivity index (χ0n) is 18.5. The number of anilines is 1. The number of benzene rings is 3. The van der Waals surface area contributed by atoms with E-state index in [1.807, 2.05) is 48.5 Å². The molecule has 32 heavy (non-hydrogen) atoms. The highest BCUT2D eigenvalue weighted by Gasteiger charge is 2.38. The minimum atomic E-state index is 0.122. The number of hydrogen-bond donors (Lipinski definition) is 1. The summed E-state index contributed by atoms with van der Waals surface area (Å²) in [5, 5.41) is 3.77. The number of rotatable bonds is 6. The van der Waals surface area contributed by atoms with Gasteiger partial charge in [0.25, 0.3) is 0 Å². The lowest BCUT2D eigenvalue weighted by Gasteiger charge is -2.38. The van der Waals surface area contributed by atoms with E-state index in [1.54, 1.807) is 21.3 Å². The molecular weight excluding hydrogens is 402 g/mol. The van der Waals surface area contributed by atoms with Gasteiger partial charge in [0, 0.05) is 11.6 Å². The van der Waals surface area contributed by atoms with E-state index in [4.69, 9.17) is 18.9 Å². The molecule has 1 N–H and O–H groups in total. The Balaban J connectivity index is 1.50. The molecule has 2 aliphatic rings. The van der Waals surface area contributed by atoms with Gasteiger partial charge in [-0.3, -0.25) is 0 Å². The van der Waals surface area contributed by atoms with Crippen molar-refractivity contribution in [2.45, 2.75) is 18.4 Å². The molecule has 5 heteroatoms. The minimum Gasteiger partial charge on any atom is -0.493 e. The molecule has 0 spiro atoms. The smallest absolute Gasteiger partial charge is 0.203 e. The van der Waals surface area contributed by atoms with Crippen molar-refractivity contribution in [3.63, 3.8) is 0 Å². The molecule has 0 saturated heterocycles. The summed E-state index contributed by atoms with van der Waals surface area (Å²) in [6.45, 7) is 0. The van der Waals surface area contributed by atoms with Crippen LogP contribution in [0.3, 0.4) is 0 Å². The monoisotopic (exact) mass is 429 g/mol. The van der Waals surface area contributed by atoms with Gasteiger partial charge in [0.15, 0.2) is 11.5 Å². The molecule has 5 nitrogen and oxygen atoms in total. The van der Waals surface area contributed by atoms with Crippen LogP contribution in [-0.2, 0) is 0 Å². The van der Waals surface area contributed by atoms with Crippen molar-refractivity contribution < 1.29 is 18.9 Å². The van der Waals surface area contributed by atoms with Gasteiger partial charge >= 0.3 is 0 Å². The summed E-state index contributed by atoms with van der Waals surface area (Å²) in [5.74, 6) is 4.34. The average molecular weight is 430 g/mol. The molecule has 3 atom stereocenters. The van der Waals surface area contributed by atoms with Gasteiger partial charge in [-0.2, -0.15) is 0 Å². The molecule has 0 saturated carbocycles. The van der Waals surface area contributed by atoms with Crippen molar-refractivity contribution in [3.8, 4) is 28.7 Å². The van der Waals surface area contributed by atoms with E-state index >= 15 is 0 Å². The second-order valence-corrected chi connectivity index (χ2v) is 8.10. The van der Waals surface area contributed by atoms with Gasteiger partial charge in [0.1, 0.15) is 11.5 Å². The highest BCUT2D eigenvalue weighted by atomic mass is 16.5. The summed E-state index contributed by atoms with van der Waals surface area (Å²) in [6, 6.07) is 20.4. The summed E-state index contributed by atoms with van der Waals surface area (Å²) < 4.78 is 22.8. The highest BCUT2D eigenvalue weighted by Crippen LogP contribution is 2.52. The highest BCUT2D eigenvalue weighted by molar-refractivity contribution is 5.63. The van der Waals surface area contributed by atoms with Crippen molar-refractivity contribution in [1.29, 1.82) is 0 Å². The Kier molecular flexibility index (Phi) is 5.39. The second-order valence-electron chi connectivity index (χ2n) is 8.10. The summed E-state index contributed by atoms with van der Waals surface area (Å²) in [7, 11) is 4.93. The molecule has 164 valence electrons. The number of para-hydroxylation sites is 1. The fourth-order valence-corrected chi connectivity index (χ4v) is 4.87. The van der Waals surface area contributed by atoms with Crippen LogP contribution in [0.15, 0.2) is 72.8 Å². The van der Waals surface area contributed by atoms with E-state index in [-0.39, 0.29) is 6.04 Å². The van der Waals surface area contributed by atoms with E-state index in [0.717, 1.165) is 29.2 Å². The van der Waals surface area contributed by atoms with Crippen molar-refractivity contribution in [1.82, 2.24) is 0 Å².